The zero-order valence-corrected chi connectivity index (χ0v) is 6.71. The number of hydrogen-bond acceptors (Lipinski definition) is 1. The first-order valence-electron chi connectivity index (χ1n) is 2.74. The molecule has 0 aromatic carbocycles. The maximum atomic E-state index is 3.80. The molecule has 1 aliphatic rings. The van der Waals surface area contributed by atoms with Crippen molar-refractivity contribution < 1.29 is 0 Å². The van der Waals surface area contributed by atoms with Crippen molar-refractivity contribution in [1.82, 2.24) is 0 Å². The first kappa shape index (κ1) is 6.17. The quantitative estimate of drug-likeness (QED) is 0.532. The van der Waals surface area contributed by atoms with Gasteiger partial charge in [-0.2, -0.15) is 11.2 Å². The van der Waals surface area contributed by atoms with Crippen molar-refractivity contribution in [1.29, 1.82) is 0 Å². The van der Waals surface area contributed by atoms with Crippen molar-refractivity contribution in [3.8, 4) is 0 Å². The molecule has 0 nitrogen and oxygen atoms in total. The molecule has 1 fully saturated rings. The topological polar surface area (TPSA) is 0 Å². The Bertz CT molecular complexity index is 106. The lowest BCUT2D eigenvalue weighted by Crippen LogP contribution is -2.34. The average Bonchev–Trinajstić information content (AvgIpc) is 1.67. The molecule has 1 aliphatic heterocycles. The summed E-state index contributed by atoms with van der Waals surface area (Å²) in [5.74, 6) is 1.32. The molecule has 2 heteroatoms. The van der Waals surface area contributed by atoms with Crippen LogP contribution in [0, 0.1) is 0 Å². The van der Waals surface area contributed by atoms with Gasteiger partial charge in [0.1, 0.15) is 0 Å². The summed E-state index contributed by atoms with van der Waals surface area (Å²) in [4.78, 5) is 0. The van der Waals surface area contributed by atoms with E-state index in [1.807, 2.05) is 0 Å². The molecule has 0 bridgehead atoms. The molecule has 0 aromatic heterocycles. The summed E-state index contributed by atoms with van der Waals surface area (Å²) < 4.78 is 0. The predicted octanol–water partition coefficient (Wildman–Crippen LogP) is 2.13. The van der Waals surface area contributed by atoms with Crippen LogP contribution in [0.2, 0.25) is 6.04 Å². The van der Waals surface area contributed by atoms with Crippen LogP contribution in [0.4, 0.5) is 0 Å². The molecule has 0 unspecified atom stereocenters. The van der Waals surface area contributed by atoms with Gasteiger partial charge in [-0.1, -0.05) is 11.4 Å². The molecule has 8 heavy (non-hydrogen) atoms. The van der Waals surface area contributed by atoms with Crippen LogP contribution in [0.15, 0.2) is 24.6 Å². The van der Waals surface area contributed by atoms with E-state index in [4.69, 9.17) is 0 Å². The molecule has 0 amide bonds. The van der Waals surface area contributed by atoms with Crippen LogP contribution in [-0.4, -0.2) is 13.0 Å². The summed E-state index contributed by atoms with van der Waals surface area (Å²) in [5.41, 5.74) is 4.24. The van der Waals surface area contributed by atoms with Gasteiger partial charge in [-0.3, -0.25) is 0 Å². The minimum absolute atomic E-state index is 1.05. The molecule has 0 saturated carbocycles. The summed E-state index contributed by atoms with van der Waals surface area (Å²) in [7, 11) is -1.05. The van der Waals surface area contributed by atoms with Crippen LogP contribution in [0.3, 0.4) is 0 Å². The smallest absolute Gasteiger partial charge is 0.163 e. The summed E-state index contributed by atoms with van der Waals surface area (Å²) in [6.45, 7) is 7.59. The highest BCUT2D eigenvalue weighted by Crippen LogP contribution is 2.38. The molecule has 0 aliphatic carbocycles. The van der Waals surface area contributed by atoms with Gasteiger partial charge in [0.25, 0.3) is 0 Å². The molecule has 0 spiro atoms. The first-order valence-corrected chi connectivity index (χ1v) is 6.81. The molecule has 0 N–H and O–H groups in total. The van der Waals surface area contributed by atoms with E-state index in [0.29, 0.717) is 0 Å². The number of hydrogen-bond donors (Lipinski definition) is 0. The van der Waals surface area contributed by atoms with Gasteiger partial charge in [0.15, 0.2) is 7.22 Å². The zero-order chi connectivity index (χ0) is 6.04. The molecule has 1 saturated heterocycles. The van der Waals surface area contributed by atoms with Crippen molar-refractivity contribution in [3.05, 3.63) is 24.6 Å². The lowest BCUT2D eigenvalue weighted by atomic mass is 10.9. The van der Waals surface area contributed by atoms with Crippen molar-refractivity contribution in [2.24, 2.45) is 0 Å². The highest BCUT2D eigenvalue weighted by Gasteiger charge is 2.33. The molecule has 1 rings (SSSR count). The van der Waals surface area contributed by atoms with Crippen LogP contribution < -0.4 is 0 Å². The van der Waals surface area contributed by atoms with E-state index in [0.717, 1.165) is 0 Å². The Kier molecular flexibility index (Phi) is 1.63. The monoisotopic (exact) mass is 142 g/mol. The van der Waals surface area contributed by atoms with Crippen LogP contribution in [0.1, 0.15) is 0 Å². The third-order valence-corrected chi connectivity index (χ3v) is 9.11. The third kappa shape index (κ3) is 0.781. The van der Waals surface area contributed by atoms with E-state index in [-0.39, 0.29) is 0 Å². The molecule has 0 atom stereocenters. The predicted molar refractivity (Wildman–Crippen MR) is 43.4 cm³/mol. The maximum absolute atomic E-state index is 3.80. The van der Waals surface area contributed by atoms with E-state index in [9.17, 15) is 0 Å². The molecule has 0 radical (unpaired) electrons. The molecule has 1 heterocycles. The van der Waals surface area contributed by atoms with Gasteiger partial charge in [-0.05, 0) is 11.8 Å². The fourth-order valence-corrected chi connectivity index (χ4v) is 4.96. The highest BCUT2D eigenvalue weighted by molar-refractivity contribution is 8.32. The Morgan fingerprint density at radius 2 is 1.88 bits per heavy atom. The molecular weight excluding hydrogens is 132 g/mol. The van der Waals surface area contributed by atoms with Gasteiger partial charge in [0, 0.05) is 0 Å². The Balaban J connectivity index is 2.57. The van der Waals surface area contributed by atoms with E-state index in [1.54, 1.807) is 0 Å². The van der Waals surface area contributed by atoms with Crippen LogP contribution in [0.25, 0.3) is 0 Å². The van der Waals surface area contributed by atoms with Gasteiger partial charge < -0.3 is 0 Å². The first-order chi connectivity index (χ1) is 3.83. The van der Waals surface area contributed by atoms with Gasteiger partial charge in [0.05, 0.1) is 0 Å². The van der Waals surface area contributed by atoms with Gasteiger partial charge in [-0.25, -0.2) is 0 Å². The number of rotatable bonds is 2. The second-order valence-corrected chi connectivity index (χ2v) is 9.03. The van der Waals surface area contributed by atoms with E-state index in [1.165, 1.54) is 11.8 Å². The van der Waals surface area contributed by atoms with E-state index >= 15 is 0 Å². The molecule has 44 valence electrons. The van der Waals surface area contributed by atoms with Crippen molar-refractivity contribution >= 4 is 18.4 Å². The molecular formula is C6H10SSi. The van der Waals surface area contributed by atoms with E-state index in [2.05, 4.69) is 35.8 Å². The maximum Gasteiger partial charge on any atom is 0.163 e. The average molecular weight is 142 g/mol. The minimum atomic E-state index is -1.05. The van der Waals surface area contributed by atoms with E-state index < -0.39 is 7.22 Å². The van der Waals surface area contributed by atoms with Crippen molar-refractivity contribution in [2.75, 3.05) is 5.75 Å². The van der Waals surface area contributed by atoms with Crippen molar-refractivity contribution in [3.63, 3.8) is 0 Å². The van der Waals surface area contributed by atoms with Crippen molar-refractivity contribution in [2.45, 2.75) is 6.04 Å². The Morgan fingerprint density at radius 3 is 1.88 bits per heavy atom. The second-order valence-electron chi connectivity index (χ2n) is 1.96. The summed E-state index contributed by atoms with van der Waals surface area (Å²) >= 11 is 2.06. The Morgan fingerprint density at radius 1 is 1.38 bits per heavy atom. The second kappa shape index (κ2) is 2.11. The van der Waals surface area contributed by atoms with Crippen LogP contribution >= 0.6 is 11.2 Å². The fraction of sp³-hybridized carbons (Fsp3) is 0.333. The lowest BCUT2D eigenvalue weighted by molar-refractivity contribution is 1.42. The molecule has 0 aromatic rings. The highest BCUT2D eigenvalue weighted by atomic mass is 32.4. The summed E-state index contributed by atoms with van der Waals surface area (Å²) in [6, 6.07) is 1.37. The van der Waals surface area contributed by atoms with Gasteiger partial charge in [0.2, 0.25) is 0 Å². The minimum Gasteiger partial charge on any atom is -0.175 e. The van der Waals surface area contributed by atoms with Gasteiger partial charge in [-0.15, -0.1) is 13.2 Å². The van der Waals surface area contributed by atoms with Gasteiger partial charge >= 0.3 is 0 Å². The van der Waals surface area contributed by atoms with Crippen LogP contribution in [-0.2, 0) is 0 Å². The zero-order valence-electron chi connectivity index (χ0n) is 4.89. The summed E-state index contributed by atoms with van der Waals surface area (Å²) in [5, 5.41) is 0. The standard InChI is InChI=1S/C6H10SSi/c1-3-8(4-2)6-5-7-8/h3-4H,1-2,5-6H2. The Hall–Kier alpha value is 0.0469. The Labute approximate surface area is 55.3 Å². The normalized spacial score (nSPS) is 23.5. The summed E-state index contributed by atoms with van der Waals surface area (Å²) in [6.07, 6.45) is 0. The largest absolute Gasteiger partial charge is 0.175 e. The lowest BCUT2D eigenvalue weighted by Gasteiger charge is -2.32. The fourth-order valence-electron chi connectivity index (χ4n) is 0.743. The third-order valence-electron chi connectivity index (χ3n) is 1.55. The van der Waals surface area contributed by atoms with Crippen LogP contribution in [0.5, 0.6) is 0 Å². The SMILES string of the molecule is C=C[Si]1(C=C)CCS1.